The number of rotatable bonds is 11. The Labute approximate surface area is 171 Å². The average molecular weight is 428 g/mol. The van der Waals surface area contributed by atoms with E-state index >= 15 is 0 Å². The lowest BCUT2D eigenvalue weighted by atomic mass is 9.91. The first-order valence-corrected chi connectivity index (χ1v) is 10.4. The second-order valence-electron chi connectivity index (χ2n) is 8.44. The summed E-state index contributed by atoms with van der Waals surface area (Å²) < 4.78 is 55.6. The smallest absolute Gasteiger partial charge is 0.414 e. The van der Waals surface area contributed by atoms with Gasteiger partial charge in [-0.2, -0.15) is 13.2 Å². The van der Waals surface area contributed by atoms with E-state index in [1.54, 1.807) is 25.7 Å². The molecule has 1 aliphatic heterocycles. The molecule has 0 aliphatic carbocycles. The van der Waals surface area contributed by atoms with Crippen molar-refractivity contribution >= 4 is 6.09 Å². The first-order chi connectivity index (χ1) is 13.5. The van der Waals surface area contributed by atoms with Crippen LogP contribution in [0, 0.1) is 5.92 Å². The van der Waals surface area contributed by atoms with E-state index in [1.165, 1.54) is 0 Å². The fourth-order valence-corrected chi connectivity index (χ4v) is 3.12. The molecule has 1 unspecified atom stereocenters. The number of nitrogens with zero attached hydrogens (tertiary/aromatic N) is 1. The van der Waals surface area contributed by atoms with Crippen LogP contribution >= 0.6 is 0 Å². The van der Waals surface area contributed by atoms with Crippen molar-refractivity contribution in [1.82, 2.24) is 4.90 Å². The van der Waals surface area contributed by atoms with Crippen LogP contribution in [-0.2, 0) is 14.2 Å². The molecule has 1 fully saturated rings. The van der Waals surface area contributed by atoms with Crippen molar-refractivity contribution < 1.29 is 37.3 Å². The second kappa shape index (κ2) is 12.6. The fraction of sp³-hybridized carbons (Fsp3) is 0.950. The number of hydrogen-bond acceptors (Lipinski definition) is 5. The van der Waals surface area contributed by atoms with Gasteiger partial charge in [0.25, 0.3) is 0 Å². The highest BCUT2D eigenvalue weighted by Crippen LogP contribution is 2.32. The van der Waals surface area contributed by atoms with Crippen molar-refractivity contribution in [2.24, 2.45) is 5.92 Å². The zero-order valence-corrected chi connectivity index (χ0v) is 17.8. The first-order valence-electron chi connectivity index (χ1n) is 10.4. The molecule has 0 aromatic heterocycles. The maximum absolute atomic E-state index is 13.3. The molecule has 0 bridgehead atoms. The number of likely N-dealkylation sites (tertiary alicyclic amines) is 1. The number of alkyl halides is 3. The molecule has 1 amide bonds. The highest BCUT2D eigenvalue weighted by atomic mass is 19.4. The number of unbranched alkanes of at least 4 members (excludes halogenated alkanes) is 2. The van der Waals surface area contributed by atoms with E-state index in [9.17, 15) is 18.0 Å². The number of carbonyl (C=O) groups is 1. The van der Waals surface area contributed by atoms with Gasteiger partial charge < -0.3 is 24.2 Å². The second-order valence-corrected chi connectivity index (χ2v) is 8.44. The molecule has 1 aliphatic rings. The van der Waals surface area contributed by atoms with Crippen LogP contribution in [0.5, 0.6) is 0 Å². The molecule has 1 saturated heterocycles. The van der Waals surface area contributed by atoms with E-state index in [-0.39, 0.29) is 32.2 Å². The number of ether oxygens (including phenoxy) is 3. The zero-order valence-electron chi connectivity index (χ0n) is 17.8. The van der Waals surface area contributed by atoms with Crippen molar-refractivity contribution in [3.8, 4) is 0 Å². The minimum atomic E-state index is -4.43. The largest absolute Gasteiger partial charge is 0.444 e. The highest BCUT2D eigenvalue weighted by molar-refractivity contribution is 5.68. The van der Waals surface area contributed by atoms with Crippen LogP contribution in [0.4, 0.5) is 18.0 Å². The van der Waals surface area contributed by atoms with Crippen molar-refractivity contribution in [2.75, 3.05) is 39.5 Å². The Hall–Kier alpha value is -1.06. The normalized spacial score (nSPS) is 17.4. The third-order valence-corrected chi connectivity index (χ3v) is 4.67. The number of aliphatic hydroxyl groups is 1. The minimum Gasteiger partial charge on any atom is -0.444 e. The predicted molar refractivity (Wildman–Crippen MR) is 103 cm³/mol. The molecule has 1 rings (SSSR count). The lowest BCUT2D eigenvalue weighted by Gasteiger charge is -2.35. The zero-order chi connectivity index (χ0) is 21.9. The molecule has 9 heteroatoms. The van der Waals surface area contributed by atoms with Crippen LogP contribution < -0.4 is 0 Å². The summed E-state index contributed by atoms with van der Waals surface area (Å²) in [5.74, 6) is -0.153. The van der Waals surface area contributed by atoms with Crippen LogP contribution in [0.25, 0.3) is 0 Å². The lowest BCUT2D eigenvalue weighted by Crippen LogP contribution is -2.43. The van der Waals surface area contributed by atoms with Crippen molar-refractivity contribution in [3.63, 3.8) is 0 Å². The third-order valence-electron chi connectivity index (χ3n) is 4.67. The van der Waals surface area contributed by atoms with Crippen LogP contribution in [0.15, 0.2) is 0 Å². The molecule has 1 N–H and O–H groups in total. The minimum absolute atomic E-state index is 0.109. The van der Waals surface area contributed by atoms with Gasteiger partial charge >= 0.3 is 12.3 Å². The van der Waals surface area contributed by atoms with Gasteiger partial charge in [0, 0.05) is 26.3 Å². The van der Waals surface area contributed by atoms with E-state index in [0.29, 0.717) is 39.0 Å². The van der Waals surface area contributed by atoms with Gasteiger partial charge in [0.1, 0.15) is 5.60 Å². The van der Waals surface area contributed by atoms with Gasteiger partial charge in [-0.05, 0) is 65.2 Å². The molecule has 0 spiro atoms. The molecule has 0 aromatic rings. The van der Waals surface area contributed by atoms with Crippen LogP contribution in [0.3, 0.4) is 0 Å². The van der Waals surface area contributed by atoms with Crippen molar-refractivity contribution in [1.29, 1.82) is 0 Å². The fourth-order valence-electron chi connectivity index (χ4n) is 3.12. The van der Waals surface area contributed by atoms with Crippen molar-refractivity contribution in [2.45, 2.75) is 77.2 Å². The number of amides is 1. The molecule has 0 aromatic carbocycles. The summed E-state index contributed by atoms with van der Waals surface area (Å²) in [5.41, 5.74) is -0.593. The van der Waals surface area contributed by atoms with Gasteiger partial charge in [0.15, 0.2) is 6.10 Å². The van der Waals surface area contributed by atoms with Gasteiger partial charge in [-0.25, -0.2) is 4.79 Å². The highest BCUT2D eigenvalue weighted by Gasteiger charge is 2.42. The Morgan fingerprint density at radius 1 is 1.07 bits per heavy atom. The predicted octanol–water partition coefficient (Wildman–Crippen LogP) is 4.15. The molecule has 172 valence electrons. The number of hydrogen-bond donors (Lipinski definition) is 1. The van der Waals surface area contributed by atoms with Crippen molar-refractivity contribution in [3.05, 3.63) is 0 Å². The van der Waals surface area contributed by atoms with E-state index in [2.05, 4.69) is 0 Å². The maximum Gasteiger partial charge on any atom is 0.414 e. The maximum atomic E-state index is 13.3. The monoisotopic (exact) mass is 427 g/mol. The van der Waals surface area contributed by atoms with Gasteiger partial charge in [-0.3, -0.25) is 0 Å². The Kier molecular flexibility index (Phi) is 11.3. The van der Waals surface area contributed by atoms with Gasteiger partial charge in [0.05, 0.1) is 13.2 Å². The summed E-state index contributed by atoms with van der Waals surface area (Å²) in [6.45, 7) is 6.70. The summed E-state index contributed by atoms with van der Waals surface area (Å²) >= 11 is 0. The molecule has 6 nitrogen and oxygen atoms in total. The molecule has 0 radical (unpaired) electrons. The molecule has 1 atom stereocenters. The van der Waals surface area contributed by atoms with Gasteiger partial charge in [-0.1, -0.05) is 0 Å². The topological polar surface area (TPSA) is 68.2 Å². The lowest BCUT2D eigenvalue weighted by molar-refractivity contribution is -0.228. The summed E-state index contributed by atoms with van der Waals surface area (Å²) in [6.07, 6.45) is -3.50. The molecule has 0 saturated carbocycles. The number of carbonyl (C=O) groups excluding carboxylic acids is 1. The first kappa shape index (κ1) is 26.0. The molecule has 1 heterocycles. The molecular weight excluding hydrogens is 391 g/mol. The summed E-state index contributed by atoms with van der Waals surface area (Å²) in [7, 11) is 0. The van der Waals surface area contributed by atoms with E-state index < -0.39 is 24.0 Å². The van der Waals surface area contributed by atoms with Gasteiger partial charge in [-0.15, -0.1) is 0 Å². The average Bonchev–Trinajstić information content (AvgIpc) is 2.61. The van der Waals surface area contributed by atoms with Crippen LogP contribution in [0.2, 0.25) is 0 Å². The van der Waals surface area contributed by atoms with E-state index in [1.807, 2.05) is 0 Å². The van der Waals surface area contributed by atoms with E-state index in [4.69, 9.17) is 19.3 Å². The molecular formula is C20H36F3NO5. The van der Waals surface area contributed by atoms with Crippen LogP contribution in [0.1, 0.15) is 59.3 Å². The van der Waals surface area contributed by atoms with Gasteiger partial charge in [0.2, 0.25) is 0 Å². The van der Waals surface area contributed by atoms with Crippen LogP contribution in [-0.4, -0.2) is 73.5 Å². The molecule has 29 heavy (non-hydrogen) atoms. The number of piperidine rings is 1. The number of aliphatic hydroxyl groups excluding tert-OH is 1. The van der Waals surface area contributed by atoms with E-state index in [0.717, 1.165) is 12.8 Å². The summed E-state index contributed by atoms with van der Waals surface area (Å²) in [5, 5.41) is 8.67. The third kappa shape index (κ3) is 11.6. The summed E-state index contributed by atoms with van der Waals surface area (Å²) in [6, 6.07) is 0. The Bertz CT molecular complexity index is 460. The Morgan fingerprint density at radius 3 is 2.28 bits per heavy atom. The summed E-state index contributed by atoms with van der Waals surface area (Å²) in [4.78, 5) is 13.6. The number of halogens is 3. The Morgan fingerprint density at radius 2 is 1.72 bits per heavy atom. The quantitative estimate of drug-likeness (QED) is 0.502. The Balaban J connectivity index is 2.33. The SMILES string of the molecule is CC(C)(C)OC(=O)N1CCC(CC(OCCOCCCCCO)C(F)(F)F)CC1. The standard InChI is InChI=1S/C20H36F3NO5/c1-19(2,3)29-18(26)24-9-7-16(8-10-24)15-17(20(21,22)23)28-14-13-27-12-6-4-5-11-25/h16-17,25H,4-15H2,1-3H3.